The number of amides is 3. The van der Waals surface area contributed by atoms with E-state index in [0.29, 0.717) is 24.6 Å². The van der Waals surface area contributed by atoms with Crippen LogP contribution in [-0.4, -0.2) is 41.1 Å². The minimum absolute atomic E-state index is 0.281. The number of nitrogens with one attached hydrogen (secondary N) is 3. The molecule has 10 heteroatoms. The van der Waals surface area contributed by atoms with Gasteiger partial charge in [0.05, 0.1) is 12.2 Å². The molecule has 9 nitrogen and oxygen atoms in total. The van der Waals surface area contributed by atoms with Crippen LogP contribution in [0.15, 0.2) is 54.0 Å². The van der Waals surface area contributed by atoms with Gasteiger partial charge in [-0.05, 0) is 64.4 Å². The average Bonchev–Trinajstić information content (AvgIpc) is 3.37. The Morgan fingerprint density at radius 3 is 2.57 bits per heavy atom. The van der Waals surface area contributed by atoms with Gasteiger partial charge in [0.1, 0.15) is 22.4 Å². The van der Waals surface area contributed by atoms with Gasteiger partial charge in [-0.2, -0.15) is 0 Å². The van der Waals surface area contributed by atoms with Crippen molar-refractivity contribution in [3.8, 4) is 16.3 Å². The number of hydrogen-bond donors (Lipinski definition) is 3. The Hall–Kier alpha value is -3.92. The summed E-state index contributed by atoms with van der Waals surface area (Å²) in [5, 5.41) is 11.0. The lowest BCUT2D eigenvalue weighted by molar-refractivity contribution is -0.117. The maximum atomic E-state index is 13.1. The van der Waals surface area contributed by atoms with Gasteiger partial charge < -0.3 is 25.4 Å². The van der Waals surface area contributed by atoms with Crippen LogP contribution < -0.4 is 20.7 Å². The summed E-state index contributed by atoms with van der Waals surface area (Å²) in [5.41, 5.74) is 1.89. The second kappa shape index (κ2) is 12.4. The van der Waals surface area contributed by atoms with E-state index in [4.69, 9.17) is 9.47 Å². The van der Waals surface area contributed by atoms with Crippen molar-refractivity contribution in [3.05, 3.63) is 65.2 Å². The lowest BCUT2D eigenvalue weighted by Crippen LogP contribution is -2.44. The summed E-state index contributed by atoms with van der Waals surface area (Å²) < 4.78 is 10.8. The predicted octanol–water partition coefficient (Wildman–Crippen LogP) is 4.99. The molecule has 2 aromatic carbocycles. The van der Waals surface area contributed by atoms with E-state index in [0.717, 1.165) is 16.1 Å². The highest BCUT2D eigenvalue weighted by molar-refractivity contribution is 7.13. The largest absolute Gasteiger partial charge is 0.493 e. The van der Waals surface area contributed by atoms with Gasteiger partial charge in [-0.1, -0.05) is 18.2 Å². The van der Waals surface area contributed by atoms with Gasteiger partial charge in [0.2, 0.25) is 5.91 Å². The summed E-state index contributed by atoms with van der Waals surface area (Å²) in [4.78, 5) is 42.0. The van der Waals surface area contributed by atoms with Crippen molar-refractivity contribution in [1.29, 1.82) is 0 Å². The van der Waals surface area contributed by atoms with Crippen LogP contribution in [0.3, 0.4) is 0 Å². The Labute approximate surface area is 220 Å². The highest BCUT2D eigenvalue weighted by atomic mass is 32.1. The van der Waals surface area contributed by atoms with Crippen LogP contribution in [-0.2, 0) is 16.1 Å². The van der Waals surface area contributed by atoms with E-state index in [2.05, 4.69) is 20.9 Å². The topological polar surface area (TPSA) is 119 Å². The van der Waals surface area contributed by atoms with E-state index >= 15 is 0 Å². The molecule has 0 aliphatic rings. The van der Waals surface area contributed by atoms with E-state index in [1.165, 1.54) is 0 Å². The molecule has 0 fully saturated rings. The standard InChI is InChI=1S/C27H32N4O5S/c1-6-35-22-11-10-20(31-23(32)17(2)30-26(34)36-27(3,4)5)15-21(22)24(33)29-16-18-8-7-9-19(14-18)25-28-12-13-37-25/h7-15,17H,6,16H2,1-5H3,(H,29,33)(H,30,34)(H,31,32). The zero-order valence-corrected chi connectivity index (χ0v) is 22.4. The first-order valence-electron chi connectivity index (χ1n) is 11.9. The van der Waals surface area contributed by atoms with Crippen molar-refractivity contribution in [1.82, 2.24) is 15.6 Å². The number of thiazole rings is 1. The Kier molecular flexibility index (Phi) is 9.24. The van der Waals surface area contributed by atoms with Crippen LogP contribution in [0.5, 0.6) is 5.75 Å². The molecule has 0 aliphatic carbocycles. The second-order valence-electron chi connectivity index (χ2n) is 9.22. The first-order valence-corrected chi connectivity index (χ1v) is 12.8. The molecule has 0 spiro atoms. The molecule has 37 heavy (non-hydrogen) atoms. The quantitative estimate of drug-likeness (QED) is 0.363. The Morgan fingerprint density at radius 1 is 1.11 bits per heavy atom. The molecule has 1 atom stereocenters. The van der Waals surface area contributed by atoms with Gasteiger partial charge in [0, 0.05) is 29.4 Å². The van der Waals surface area contributed by atoms with E-state index in [1.54, 1.807) is 63.4 Å². The second-order valence-corrected chi connectivity index (χ2v) is 10.1. The molecule has 3 aromatic rings. The third-order valence-electron chi connectivity index (χ3n) is 4.98. The van der Waals surface area contributed by atoms with E-state index in [9.17, 15) is 14.4 Å². The van der Waals surface area contributed by atoms with E-state index in [-0.39, 0.29) is 11.5 Å². The van der Waals surface area contributed by atoms with Crippen LogP contribution >= 0.6 is 11.3 Å². The molecule has 1 unspecified atom stereocenters. The molecule has 0 saturated carbocycles. The fourth-order valence-corrected chi connectivity index (χ4v) is 3.96. The summed E-state index contributed by atoms with van der Waals surface area (Å²) in [6.45, 7) is 9.26. The lowest BCUT2D eigenvalue weighted by atomic mass is 10.1. The van der Waals surface area contributed by atoms with Gasteiger partial charge in [-0.25, -0.2) is 9.78 Å². The van der Waals surface area contributed by atoms with Crippen LogP contribution in [0.25, 0.3) is 10.6 Å². The lowest BCUT2D eigenvalue weighted by Gasteiger charge is -2.21. The molecule has 0 radical (unpaired) electrons. The minimum Gasteiger partial charge on any atom is -0.493 e. The summed E-state index contributed by atoms with van der Waals surface area (Å²) >= 11 is 1.55. The number of ether oxygens (including phenoxy) is 2. The number of nitrogens with zero attached hydrogens (tertiary/aromatic N) is 1. The fraction of sp³-hybridized carbons (Fsp3) is 0.333. The molecule has 0 aliphatic heterocycles. The number of aromatic nitrogens is 1. The third kappa shape index (κ3) is 8.32. The molecule has 196 valence electrons. The molecular formula is C27H32N4O5S. The molecule has 3 rings (SSSR count). The van der Waals surface area contributed by atoms with Crippen LogP contribution in [0.4, 0.5) is 10.5 Å². The van der Waals surface area contributed by atoms with Crippen LogP contribution in [0.1, 0.15) is 50.5 Å². The molecule has 1 heterocycles. The number of anilines is 1. The highest BCUT2D eigenvalue weighted by Crippen LogP contribution is 2.25. The third-order valence-corrected chi connectivity index (χ3v) is 5.80. The number of benzene rings is 2. The summed E-state index contributed by atoms with van der Waals surface area (Å²) in [6, 6.07) is 11.8. The summed E-state index contributed by atoms with van der Waals surface area (Å²) in [5.74, 6) is -0.408. The van der Waals surface area contributed by atoms with Crippen LogP contribution in [0, 0.1) is 0 Å². The molecule has 0 bridgehead atoms. The number of hydrogen-bond acceptors (Lipinski definition) is 7. The number of rotatable bonds is 9. The van der Waals surface area contributed by atoms with Gasteiger partial charge in [0.15, 0.2) is 0 Å². The van der Waals surface area contributed by atoms with Crippen molar-refractivity contribution >= 4 is 34.9 Å². The minimum atomic E-state index is -0.858. The molecule has 1 aromatic heterocycles. The van der Waals surface area contributed by atoms with Gasteiger partial charge in [0.25, 0.3) is 5.91 Å². The Morgan fingerprint density at radius 2 is 1.89 bits per heavy atom. The Bertz CT molecular complexity index is 1240. The van der Waals surface area contributed by atoms with Crippen molar-refractivity contribution < 1.29 is 23.9 Å². The number of alkyl carbamates (subject to hydrolysis) is 1. The van der Waals surface area contributed by atoms with Crippen molar-refractivity contribution in [2.45, 2.75) is 52.8 Å². The molecular weight excluding hydrogens is 492 g/mol. The van der Waals surface area contributed by atoms with Crippen molar-refractivity contribution in [2.75, 3.05) is 11.9 Å². The normalized spacial score (nSPS) is 11.8. The Balaban J connectivity index is 1.68. The summed E-state index contributed by atoms with van der Waals surface area (Å²) in [7, 11) is 0. The summed E-state index contributed by atoms with van der Waals surface area (Å²) in [6.07, 6.45) is 1.06. The predicted molar refractivity (Wildman–Crippen MR) is 144 cm³/mol. The zero-order valence-electron chi connectivity index (χ0n) is 21.6. The highest BCUT2D eigenvalue weighted by Gasteiger charge is 2.22. The average molecular weight is 525 g/mol. The monoisotopic (exact) mass is 524 g/mol. The molecule has 3 N–H and O–H groups in total. The first kappa shape index (κ1) is 27.7. The van der Waals surface area contributed by atoms with Gasteiger partial charge >= 0.3 is 6.09 Å². The van der Waals surface area contributed by atoms with E-state index in [1.807, 2.05) is 36.6 Å². The van der Waals surface area contributed by atoms with Crippen LogP contribution in [0.2, 0.25) is 0 Å². The SMILES string of the molecule is CCOc1ccc(NC(=O)C(C)NC(=O)OC(C)(C)C)cc1C(=O)NCc1cccc(-c2nccs2)c1. The van der Waals surface area contributed by atoms with Crippen molar-refractivity contribution in [3.63, 3.8) is 0 Å². The zero-order chi connectivity index (χ0) is 27.0. The fourth-order valence-electron chi connectivity index (χ4n) is 3.32. The van der Waals surface area contributed by atoms with Gasteiger partial charge in [-0.3, -0.25) is 9.59 Å². The van der Waals surface area contributed by atoms with E-state index < -0.39 is 23.6 Å². The molecule has 3 amide bonds. The molecule has 0 saturated heterocycles. The van der Waals surface area contributed by atoms with Gasteiger partial charge in [-0.15, -0.1) is 11.3 Å². The maximum Gasteiger partial charge on any atom is 0.408 e. The number of carbonyl (C=O) groups excluding carboxylic acids is 3. The number of carbonyl (C=O) groups is 3. The maximum absolute atomic E-state index is 13.1. The first-order chi connectivity index (χ1) is 17.6. The van der Waals surface area contributed by atoms with Crippen molar-refractivity contribution in [2.24, 2.45) is 0 Å². The smallest absolute Gasteiger partial charge is 0.408 e.